The third kappa shape index (κ3) is 3.54. The molecule has 1 aliphatic rings. The maximum Gasteiger partial charge on any atom is 0.276 e. The van der Waals surface area contributed by atoms with Gasteiger partial charge in [0.15, 0.2) is 0 Å². The van der Waals surface area contributed by atoms with Gasteiger partial charge in [-0.3, -0.25) is 4.90 Å². The second kappa shape index (κ2) is 7.14. The van der Waals surface area contributed by atoms with Gasteiger partial charge in [0.05, 0.1) is 12.6 Å². The maximum atomic E-state index is 12.6. The van der Waals surface area contributed by atoms with Gasteiger partial charge < -0.3 is 8.83 Å². The van der Waals surface area contributed by atoms with Crippen molar-refractivity contribution < 1.29 is 17.3 Å². The van der Waals surface area contributed by atoms with Crippen LogP contribution < -0.4 is 0 Å². The Bertz CT molecular complexity index is 998. The Kier molecular flexibility index (Phi) is 4.84. The topological polar surface area (TPSA) is 66.9 Å². The van der Waals surface area contributed by atoms with Crippen molar-refractivity contribution >= 4 is 21.0 Å². The van der Waals surface area contributed by atoms with E-state index in [1.165, 1.54) is 4.31 Å². The number of furan rings is 2. The fraction of sp³-hybridized carbons (Fsp3) is 0.400. The Morgan fingerprint density at radius 2 is 1.85 bits per heavy atom. The first kappa shape index (κ1) is 18.3. The molecule has 1 fully saturated rings. The minimum Gasteiger partial charge on any atom is -0.459 e. The van der Waals surface area contributed by atoms with E-state index in [1.54, 1.807) is 12.1 Å². The minimum atomic E-state index is -3.51. The van der Waals surface area contributed by atoms with Crippen molar-refractivity contribution in [3.8, 4) is 0 Å². The summed E-state index contributed by atoms with van der Waals surface area (Å²) in [6.07, 6.45) is 1.81. The molecule has 2 aromatic heterocycles. The minimum absolute atomic E-state index is 0.0288. The van der Waals surface area contributed by atoms with Crippen LogP contribution in [0.5, 0.6) is 0 Å². The smallest absolute Gasteiger partial charge is 0.276 e. The van der Waals surface area contributed by atoms with E-state index >= 15 is 0 Å². The van der Waals surface area contributed by atoms with Crippen LogP contribution in [0.25, 0.3) is 11.0 Å². The molecule has 3 aromatic rings. The largest absolute Gasteiger partial charge is 0.459 e. The lowest BCUT2D eigenvalue weighted by atomic mass is 10.2. The number of hydrogen-bond acceptors (Lipinski definition) is 5. The molecule has 6 nitrogen and oxygen atoms in total. The van der Waals surface area contributed by atoms with Crippen molar-refractivity contribution in [2.24, 2.45) is 0 Å². The Morgan fingerprint density at radius 3 is 2.59 bits per heavy atom. The van der Waals surface area contributed by atoms with Gasteiger partial charge in [0.25, 0.3) is 10.0 Å². The average molecular weight is 388 g/mol. The number of rotatable bonds is 6. The summed E-state index contributed by atoms with van der Waals surface area (Å²) in [5, 5.41) is 1.11. The van der Waals surface area contributed by atoms with Crippen molar-refractivity contribution in [1.29, 1.82) is 0 Å². The zero-order valence-electron chi connectivity index (χ0n) is 15.6. The van der Waals surface area contributed by atoms with Gasteiger partial charge in [-0.1, -0.05) is 18.2 Å². The molecule has 0 radical (unpaired) electrons. The number of hydrogen-bond donors (Lipinski definition) is 0. The number of benzene rings is 1. The van der Waals surface area contributed by atoms with E-state index in [-0.39, 0.29) is 11.1 Å². The molecule has 0 spiro atoms. The summed E-state index contributed by atoms with van der Waals surface area (Å²) >= 11 is 0. The van der Waals surface area contributed by atoms with E-state index in [1.807, 2.05) is 37.4 Å². The molecule has 0 aliphatic carbocycles. The average Bonchev–Trinajstić information content (AvgIpc) is 3.40. The van der Waals surface area contributed by atoms with Crippen molar-refractivity contribution in [2.75, 3.05) is 20.1 Å². The van der Waals surface area contributed by atoms with E-state index in [9.17, 15) is 8.42 Å². The molecule has 1 saturated heterocycles. The summed E-state index contributed by atoms with van der Waals surface area (Å²) in [4.78, 5) is 2.07. The van der Waals surface area contributed by atoms with Gasteiger partial charge in [-0.25, -0.2) is 8.42 Å². The van der Waals surface area contributed by atoms with E-state index in [2.05, 4.69) is 11.8 Å². The molecule has 0 saturated carbocycles. The van der Waals surface area contributed by atoms with Crippen molar-refractivity contribution in [2.45, 2.75) is 37.4 Å². The molecule has 0 unspecified atom stereocenters. The van der Waals surface area contributed by atoms with Crippen LogP contribution in [-0.2, 0) is 16.6 Å². The molecule has 1 atom stereocenters. The molecule has 144 valence electrons. The third-order valence-corrected chi connectivity index (χ3v) is 6.99. The molecule has 7 heteroatoms. The van der Waals surface area contributed by atoms with Gasteiger partial charge in [0.2, 0.25) is 5.09 Å². The number of para-hydroxylation sites is 1. The van der Waals surface area contributed by atoms with E-state index in [0.29, 0.717) is 25.4 Å². The highest BCUT2D eigenvalue weighted by molar-refractivity contribution is 7.89. The lowest BCUT2D eigenvalue weighted by molar-refractivity contribution is 0.205. The van der Waals surface area contributed by atoms with Gasteiger partial charge in [-0.2, -0.15) is 4.31 Å². The third-order valence-electron chi connectivity index (χ3n) is 5.22. The molecular formula is C20H24N2O4S. The normalized spacial score (nSPS) is 17.1. The van der Waals surface area contributed by atoms with Crippen molar-refractivity contribution in [1.82, 2.24) is 9.21 Å². The fourth-order valence-electron chi connectivity index (χ4n) is 3.45. The van der Waals surface area contributed by atoms with Crippen molar-refractivity contribution in [3.05, 3.63) is 54.0 Å². The van der Waals surface area contributed by atoms with Crippen LogP contribution in [0.2, 0.25) is 0 Å². The number of nitrogens with zero attached hydrogens (tertiary/aromatic N) is 2. The zero-order valence-corrected chi connectivity index (χ0v) is 16.4. The monoisotopic (exact) mass is 388 g/mol. The van der Waals surface area contributed by atoms with Gasteiger partial charge >= 0.3 is 0 Å². The standard InChI is InChI=1S/C20H24N2O4S/c1-15(19-13-16-7-3-4-8-18(16)26-19)21(2)14-17-9-10-20(25-17)27(23,24)22-11-5-6-12-22/h3-4,7-10,13,15H,5-6,11-12,14H2,1-2H3/t15-/m0/s1. The molecule has 0 amide bonds. The SMILES string of the molecule is C[C@@H](c1cc2ccccc2o1)N(C)Cc1ccc(S(=O)(=O)N2CCCC2)o1. The molecule has 1 aliphatic heterocycles. The molecule has 1 aromatic carbocycles. The first-order valence-electron chi connectivity index (χ1n) is 9.23. The predicted octanol–water partition coefficient (Wildman–Crippen LogP) is 4.00. The van der Waals surface area contributed by atoms with E-state index in [0.717, 1.165) is 29.6 Å². The van der Waals surface area contributed by atoms with Crippen LogP contribution in [0, 0.1) is 0 Å². The van der Waals surface area contributed by atoms with Crippen LogP contribution in [-0.4, -0.2) is 37.8 Å². The molecule has 4 rings (SSSR count). The first-order chi connectivity index (χ1) is 12.9. The molecule has 0 bridgehead atoms. The van der Waals surface area contributed by atoms with Crippen LogP contribution in [0.3, 0.4) is 0 Å². The van der Waals surface area contributed by atoms with E-state index in [4.69, 9.17) is 8.83 Å². The van der Waals surface area contributed by atoms with Crippen LogP contribution in [0.4, 0.5) is 0 Å². The van der Waals surface area contributed by atoms with Crippen LogP contribution >= 0.6 is 0 Å². The van der Waals surface area contributed by atoms with Crippen LogP contribution in [0.15, 0.2) is 56.4 Å². The maximum absolute atomic E-state index is 12.6. The predicted molar refractivity (Wildman–Crippen MR) is 103 cm³/mol. The number of sulfonamides is 1. The summed E-state index contributed by atoms with van der Waals surface area (Å²) in [5.41, 5.74) is 0.866. The van der Waals surface area contributed by atoms with Crippen molar-refractivity contribution in [3.63, 3.8) is 0 Å². The highest BCUT2D eigenvalue weighted by Gasteiger charge is 2.30. The summed E-state index contributed by atoms with van der Waals surface area (Å²) in [6.45, 7) is 3.69. The second-order valence-electron chi connectivity index (χ2n) is 7.11. The summed E-state index contributed by atoms with van der Waals surface area (Å²) in [7, 11) is -1.55. The summed E-state index contributed by atoms with van der Waals surface area (Å²) < 4.78 is 38.3. The van der Waals surface area contributed by atoms with Gasteiger partial charge in [0.1, 0.15) is 17.1 Å². The van der Waals surface area contributed by atoms with Gasteiger partial charge in [0, 0.05) is 18.5 Å². The highest BCUT2D eigenvalue weighted by atomic mass is 32.2. The summed E-state index contributed by atoms with van der Waals surface area (Å²) in [5.74, 6) is 1.49. The Balaban J connectivity index is 1.48. The van der Waals surface area contributed by atoms with Gasteiger partial charge in [-0.15, -0.1) is 0 Å². The second-order valence-corrected chi connectivity index (χ2v) is 8.98. The lowest BCUT2D eigenvalue weighted by Crippen LogP contribution is -2.27. The quantitative estimate of drug-likeness (QED) is 0.638. The Morgan fingerprint density at radius 1 is 1.11 bits per heavy atom. The zero-order chi connectivity index (χ0) is 19.0. The first-order valence-corrected chi connectivity index (χ1v) is 10.7. The fourth-order valence-corrected chi connectivity index (χ4v) is 4.89. The summed E-state index contributed by atoms with van der Waals surface area (Å²) in [6, 6.07) is 13.3. The molecule has 27 heavy (non-hydrogen) atoms. The number of fused-ring (bicyclic) bond motifs is 1. The van der Waals surface area contributed by atoms with Gasteiger partial charge in [-0.05, 0) is 51.1 Å². The highest BCUT2D eigenvalue weighted by Crippen LogP contribution is 2.28. The molecule has 3 heterocycles. The van der Waals surface area contributed by atoms with E-state index < -0.39 is 10.0 Å². The Hall–Kier alpha value is -2.09. The van der Waals surface area contributed by atoms with Crippen LogP contribution in [0.1, 0.15) is 37.3 Å². The lowest BCUT2D eigenvalue weighted by Gasteiger charge is -2.21. The molecular weight excluding hydrogens is 364 g/mol. The molecule has 0 N–H and O–H groups in total. The Labute approximate surface area is 159 Å².